The molecule has 2 aromatic rings. The Balaban J connectivity index is 1.91. The van der Waals surface area contributed by atoms with E-state index < -0.39 is 0 Å². The zero-order chi connectivity index (χ0) is 25.4. The number of aliphatic imine (C=N–C) groups is 2. The molecule has 2 amide bonds. The number of aromatic nitrogens is 2. The van der Waals surface area contributed by atoms with E-state index in [1.54, 1.807) is 26.4 Å². The van der Waals surface area contributed by atoms with Crippen molar-refractivity contribution >= 4 is 47.0 Å². The molecule has 2 unspecified atom stereocenters. The maximum atomic E-state index is 12.2. The van der Waals surface area contributed by atoms with Gasteiger partial charge in [0.05, 0.1) is 42.8 Å². The summed E-state index contributed by atoms with van der Waals surface area (Å²) in [6.07, 6.45) is 4.82. The van der Waals surface area contributed by atoms with Gasteiger partial charge in [-0.05, 0) is 19.9 Å². The highest BCUT2D eigenvalue weighted by Crippen LogP contribution is 2.20. The zero-order valence-electron chi connectivity index (χ0n) is 20.6. The van der Waals surface area contributed by atoms with Crippen LogP contribution in [0.15, 0.2) is 46.5 Å². The number of morpholine rings is 1. The van der Waals surface area contributed by atoms with Crippen molar-refractivity contribution in [3.63, 3.8) is 0 Å². The third-order valence-corrected chi connectivity index (χ3v) is 5.65. The van der Waals surface area contributed by atoms with Crippen molar-refractivity contribution in [3.8, 4) is 0 Å². The van der Waals surface area contributed by atoms with Crippen molar-refractivity contribution in [2.75, 3.05) is 46.9 Å². The molecule has 0 spiro atoms. The summed E-state index contributed by atoms with van der Waals surface area (Å²) in [6, 6.07) is 5.47. The van der Waals surface area contributed by atoms with Crippen LogP contribution in [0.5, 0.6) is 0 Å². The van der Waals surface area contributed by atoms with Crippen LogP contribution < -0.4 is 5.32 Å². The van der Waals surface area contributed by atoms with E-state index in [0.717, 1.165) is 35.4 Å². The van der Waals surface area contributed by atoms with E-state index in [0.29, 0.717) is 19.0 Å². The molecule has 2 N–H and O–H groups in total. The number of aromatic amines is 1. The van der Waals surface area contributed by atoms with E-state index in [-0.39, 0.29) is 29.7 Å². The second-order valence-electron chi connectivity index (χ2n) is 8.44. The number of H-pyrrole nitrogens is 1. The highest BCUT2D eigenvalue weighted by molar-refractivity contribution is 7.81. The molecule has 1 aliphatic heterocycles. The molecule has 1 aromatic heterocycles. The molecule has 11 heteroatoms. The van der Waals surface area contributed by atoms with Crippen LogP contribution in [0.1, 0.15) is 19.4 Å². The fraction of sp³-hybridized carbons (Fsp3) is 0.458. The molecule has 1 saturated heterocycles. The minimum absolute atomic E-state index is 0.0609. The first-order chi connectivity index (χ1) is 16.8. The van der Waals surface area contributed by atoms with Gasteiger partial charge >= 0.3 is 0 Å². The Hall–Kier alpha value is -3.18. The molecule has 0 saturated carbocycles. The molecular weight excluding hydrogens is 466 g/mol. The van der Waals surface area contributed by atoms with Crippen LogP contribution in [0.25, 0.3) is 10.9 Å². The monoisotopic (exact) mass is 499 g/mol. The lowest BCUT2D eigenvalue weighted by Crippen LogP contribution is -2.44. The lowest BCUT2D eigenvalue weighted by molar-refractivity contribution is -0.129. The molecule has 35 heavy (non-hydrogen) atoms. The van der Waals surface area contributed by atoms with Gasteiger partial charge in [0.2, 0.25) is 11.8 Å². The summed E-state index contributed by atoms with van der Waals surface area (Å²) in [5, 5.41) is 10.5. The first kappa shape index (κ1) is 26.4. The Morgan fingerprint density at radius 1 is 1.31 bits per heavy atom. The second-order valence-corrected chi connectivity index (χ2v) is 9.22. The Morgan fingerprint density at radius 2 is 2.06 bits per heavy atom. The van der Waals surface area contributed by atoms with E-state index in [1.165, 1.54) is 11.0 Å². The van der Waals surface area contributed by atoms with Crippen LogP contribution in [0.2, 0.25) is 0 Å². The summed E-state index contributed by atoms with van der Waals surface area (Å²) in [7, 11) is 3.28. The molecule has 0 radical (unpaired) electrons. The number of carbonyl (C=O) groups excluding carboxylic acids is 2. The van der Waals surface area contributed by atoms with Crippen molar-refractivity contribution in [2.45, 2.75) is 25.1 Å². The molecular formula is C24H33N7O3S. The number of fused-ring (bicyclic) bond motifs is 1. The lowest BCUT2D eigenvalue weighted by atomic mass is 10.1. The van der Waals surface area contributed by atoms with Gasteiger partial charge in [0.15, 0.2) is 5.84 Å². The zero-order valence-corrected chi connectivity index (χ0v) is 21.5. The van der Waals surface area contributed by atoms with Gasteiger partial charge in [-0.15, -0.1) is 0 Å². The SMILES string of the molecule is CC(/C=C/C(=O)NCC(=O)N(C)C)N=C(N=C(C(C)S)N1CCOCC1)c1cccc2[nH]ncc12. The summed E-state index contributed by atoms with van der Waals surface area (Å²) in [5.74, 6) is 0.799. The molecule has 2 heterocycles. The summed E-state index contributed by atoms with van der Waals surface area (Å²) >= 11 is 4.68. The molecule has 1 fully saturated rings. The van der Waals surface area contributed by atoms with Gasteiger partial charge < -0.3 is 19.9 Å². The molecule has 1 aromatic carbocycles. The predicted octanol–water partition coefficient (Wildman–Crippen LogP) is 1.51. The van der Waals surface area contributed by atoms with Crippen LogP contribution >= 0.6 is 12.6 Å². The van der Waals surface area contributed by atoms with Crippen LogP contribution in [-0.4, -0.2) is 102 Å². The molecule has 0 aliphatic carbocycles. The molecule has 2 atom stereocenters. The van der Waals surface area contributed by atoms with E-state index in [9.17, 15) is 9.59 Å². The topological polar surface area (TPSA) is 115 Å². The Kier molecular flexibility index (Phi) is 9.44. The fourth-order valence-electron chi connectivity index (χ4n) is 3.49. The Morgan fingerprint density at radius 3 is 2.74 bits per heavy atom. The predicted molar refractivity (Wildman–Crippen MR) is 141 cm³/mol. The van der Waals surface area contributed by atoms with Crippen LogP contribution in [0.3, 0.4) is 0 Å². The number of amides is 2. The fourth-order valence-corrected chi connectivity index (χ4v) is 3.71. The van der Waals surface area contributed by atoms with Crippen LogP contribution in [-0.2, 0) is 14.3 Å². The van der Waals surface area contributed by atoms with Crippen molar-refractivity contribution in [1.29, 1.82) is 0 Å². The van der Waals surface area contributed by atoms with E-state index in [4.69, 9.17) is 14.7 Å². The molecule has 0 bridgehead atoms. The smallest absolute Gasteiger partial charge is 0.244 e. The maximum absolute atomic E-state index is 12.2. The number of likely N-dealkylation sites (N-methyl/N-ethyl adjacent to an activating group) is 1. The lowest BCUT2D eigenvalue weighted by Gasteiger charge is -2.31. The van der Waals surface area contributed by atoms with Gasteiger partial charge in [-0.25, -0.2) is 4.99 Å². The van der Waals surface area contributed by atoms with Crippen molar-refractivity contribution < 1.29 is 14.3 Å². The van der Waals surface area contributed by atoms with Gasteiger partial charge in [0.1, 0.15) is 5.84 Å². The number of hydrogen-bond acceptors (Lipinski definition) is 6. The summed E-state index contributed by atoms with van der Waals surface area (Å²) in [6.45, 7) is 6.52. The van der Waals surface area contributed by atoms with Gasteiger partial charge in [-0.1, -0.05) is 18.2 Å². The number of carbonyl (C=O) groups is 2. The molecule has 10 nitrogen and oxygen atoms in total. The third-order valence-electron chi connectivity index (χ3n) is 5.42. The highest BCUT2D eigenvalue weighted by Gasteiger charge is 2.21. The average molecular weight is 500 g/mol. The van der Waals surface area contributed by atoms with Crippen molar-refractivity contribution in [3.05, 3.63) is 42.1 Å². The number of rotatable bonds is 7. The summed E-state index contributed by atoms with van der Waals surface area (Å²) < 4.78 is 5.50. The van der Waals surface area contributed by atoms with Crippen molar-refractivity contribution in [1.82, 2.24) is 25.3 Å². The largest absolute Gasteiger partial charge is 0.378 e. The molecule has 1 aliphatic rings. The Labute approximate surface area is 210 Å². The molecule has 3 rings (SSSR count). The van der Waals surface area contributed by atoms with Crippen LogP contribution in [0.4, 0.5) is 0 Å². The third kappa shape index (κ3) is 7.40. The van der Waals surface area contributed by atoms with Gasteiger partial charge in [0, 0.05) is 44.2 Å². The van der Waals surface area contributed by atoms with Gasteiger partial charge in [-0.3, -0.25) is 19.7 Å². The van der Waals surface area contributed by atoms with E-state index in [1.807, 2.05) is 32.0 Å². The summed E-state index contributed by atoms with van der Waals surface area (Å²) in [4.78, 5) is 37.3. The van der Waals surface area contributed by atoms with Crippen LogP contribution in [0, 0.1) is 0 Å². The normalized spacial score (nSPS) is 17.0. The Bertz CT molecular complexity index is 1120. The minimum Gasteiger partial charge on any atom is -0.378 e. The number of hydrogen-bond donors (Lipinski definition) is 3. The first-order valence-corrected chi connectivity index (χ1v) is 12.0. The number of nitrogens with zero attached hydrogens (tertiary/aromatic N) is 5. The first-order valence-electron chi connectivity index (χ1n) is 11.5. The quantitative estimate of drug-likeness (QED) is 0.231. The van der Waals surface area contributed by atoms with Gasteiger partial charge in [-0.2, -0.15) is 17.7 Å². The number of benzene rings is 1. The van der Waals surface area contributed by atoms with E-state index in [2.05, 4.69) is 33.0 Å². The number of ether oxygens (including phenoxy) is 1. The summed E-state index contributed by atoms with van der Waals surface area (Å²) in [5.41, 5.74) is 1.71. The number of nitrogens with one attached hydrogen (secondary N) is 2. The average Bonchev–Trinajstić information content (AvgIpc) is 3.33. The maximum Gasteiger partial charge on any atom is 0.244 e. The van der Waals surface area contributed by atoms with Gasteiger partial charge in [0.25, 0.3) is 0 Å². The number of amidine groups is 2. The second kappa shape index (κ2) is 12.5. The number of thiol groups is 1. The van der Waals surface area contributed by atoms with Crippen molar-refractivity contribution in [2.24, 2.45) is 9.98 Å². The standard InChI is InChI=1S/C24H33N7O3S/c1-16(8-9-21(32)25-15-22(33)30(3)4)27-23(18-6-5-7-20-19(18)14-26-29-20)28-24(17(2)35)31-10-12-34-13-11-31/h5-9,14,16-17,35H,10-13,15H2,1-4H3,(H,25,32)(H,26,29)/b9-8+,27-23?,28-24?. The van der Waals surface area contributed by atoms with E-state index >= 15 is 0 Å². The minimum atomic E-state index is -0.359. The highest BCUT2D eigenvalue weighted by atomic mass is 32.1. The molecule has 188 valence electrons.